The number of benzene rings is 1. The topological polar surface area (TPSA) is 97.4 Å². The van der Waals surface area contributed by atoms with Gasteiger partial charge in [0.15, 0.2) is 0 Å². The predicted molar refractivity (Wildman–Crippen MR) is 87.6 cm³/mol. The molecule has 2 aromatic rings. The molecule has 0 spiro atoms. The van der Waals surface area contributed by atoms with E-state index in [0.717, 1.165) is 16.3 Å². The van der Waals surface area contributed by atoms with E-state index < -0.39 is 17.4 Å². The minimum Gasteiger partial charge on any atom is -0.384 e. The van der Waals surface area contributed by atoms with Crippen LogP contribution in [-0.2, 0) is 0 Å². The van der Waals surface area contributed by atoms with E-state index in [1.54, 1.807) is 18.2 Å². The van der Waals surface area contributed by atoms with Crippen molar-refractivity contribution in [3.8, 4) is 5.69 Å². The number of imide groups is 1. The van der Waals surface area contributed by atoms with Crippen LogP contribution in [0.4, 0.5) is 11.5 Å². The summed E-state index contributed by atoms with van der Waals surface area (Å²) in [6, 6.07) is 6.08. The average Bonchev–Trinajstić information content (AvgIpc) is 2.73. The van der Waals surface area contributed by atoms with E-state index >= 15 is 0 Å². The number of anilines is 2. The fourth-order valence-electron chi connectivity index (χ4n) is 2.54. The van der Waals surface area contributed by atoms with Gasteiger partial charge in [-0.15, -0.1) is 0 Å². The van der Waals surface area contributed by atoms with Crippen LogP contribution in [0.25, 0.3) is 5.69 Å². The van der Waals surface area contributed by atoms with Gasteiger partial charge in [-0.05, 0) is 18.2 Å². The standard InChI is InChI=1S/C15H13ClN4O3/c1-19(2)10-4-3-7(5-9(10)16)20-11(21)6-8-12(13(20)17)15(23)18-14(8)22/h3-6H,17H2,1-2H3,(H,18,22,23). The molecule has 3 rings (SSSR count). The monoisotopic (exact) mass is 332 g/mol. The second-order valence-corrected chi connectivity index (χ2v) is 5.71. The normalized spacial score (nSPS) is 13.0. The molecule has 0 saturated heterocycles. The molecule has 0 atom stereocenters. The number of pyridine rings is 1. The Morgan fingerprint density at radius 3 is 2.43 bits per heavy atom. The number of nitrogens with one attached hydrogen (secondary N) is 1. The van der Waals surface area contributed by atoms with E-state index in [9.17, 15) is 14.4 Å². The Balaban J connectivity index is 2.25. The number of carbonyl (C=O) groups excluding carboxylic acids is 2. The van der Waals surface area contributed by atoms with Gasteiger partial charge in [-0.2, -0.15) is 0 Å². The average molecular weight is 333 g/mol. The van der Waals surface area contributed by atoms with Crippen molar-refractivity contribution in [1.82, 2.24) is 9.88 Å². The Morgan fingerprint density at radius 2 is 1.83 bits per heavy atom. The number of rotatable bonds is 2. The number of hydrogen-bond acceptors (Lipinski definition) is 5. The Bertz CT molecular complexity index is 918. The summed E-state index contributed by atoms with van der Waals surface area (Å²) >= 11 is 6.22. The van der Waals surface area contributed by atoms with Gasteiger partial charge < -0.3 is 10.6 Å². The summed E-state index contributed by atoms with van der Waals surface area (Å²) in [6.45, 7) is 0. The van der Waals surface area contributed by atoms with Gasteiger partial charge >= 0.3 is 0 Å². The van der Waals surface area contributed by atoms with E-state index in [-0.39, 0.29) is 16.9 Å². The molecular formula is C15H13ClN4O3. The van der Waals surface area contributed by atoms with Crippen LogP contribution in [-0.4, -0.2) is 30.5 Å². The van der Waals surface area contributed by atoms with E-state index in [1.807, 2.05) is 19.0 Å². The second-order valence-electron chi connectivity index (χ2n) is 5.31. The first-order valence-electron chi connectivity index (χ1n) is 6.69. The molecule has 3 N–H and O–H groups in total. The van der Waals surface area contributed by atoms with E-state index in [0.29, 0.717) is 10.7 Å². The van der Waals surface area contributed by atoms with Gasteiger partial charge in [0.1, 0.15) is 5.82 Å². The fraction of sp³-hybridized carbons (Fsp3) is 0.133. The van der Waals surface area contributed by atoms with Crippen molar-refractivity contribution >= 4 is 34.9 Å². The number of nitrogens with zero attached hydrogens (tertiary/aromatic N) is 2. The maximum atomic E-state index is 12.3. The van der Waals surface area contributed by atoms with Crippen molar-refractivity contribution in [2.75, 3.05) is 24.7 Å². The van der Waals surface area contributed by atoms with Crippen LogP contribution in [0.15, 0.2) is 29.1 Å². The largest absolute Gasteiger partial charge is 0.384 e. The molecule has 0 fully saturated rings. The molecule has 7 nitrogen and oxygen atoms in total. The van der Waals surface area contributed by atoms with Crippen LogP contribution in [0.2, 0.25) is 5.02 Å². The third-order valence-corrected chi connectivity index (χ3v) is 3.93. The third-order valence-electron chi connectivity index (χ3n) is 3.62. The van der Waals surface area contributed by atoms with Crippen LogP contribution >= 0.6 is 11.6 Å². The van der Waals surface area contributed by atoms with Gasteiger partial charge in [0, 0.05) is 20.2 Å². The Kier molecular flexibility index (Phi) is 3.37. The van der Waals surface area contributed by atoms with Crippen molar-refractivity contribution < 1.29 is 9.59 Å². The van der Waals surface area contributed by atoms with Crippen LogP contribution in [0, 0.1) is 0 Å². The van der Waals surface area contributed by atoms with Crippen LogP contribution < -0.4 is 21.5 Å². The molecule has 23 heavy (non-hydrogen) atoms. The fourth-order valence-corrected chi connectivity index (χ4v) is 2.89. The Morgan fingerprint density at radius 1 is 1.13 bits per heavy atom. The summed E-state index contributed by atoms with van der Waals surface area (Å²) < 4.78 is 1.16. The lowest BCUT2D eigenvalue weighted by molar-refractivity contribution is 0.0880. The molecule has 2 amide bonds. The van der Waals surface area contributed by atoms with Crippen molar-refractivity contribution in [3.63, 3.8) is 0 Å². The first-order chi connectivity index (χ1) is 10.8. The van der Waals surface area contributed by atoms with Crippen LogP contribution in [0.3, 0.4) is 0 Å². The summed E-state index contributed by atoms with van der Waals surface area (Å²) in [4.78, 5) is 37.6. The highest BCUT2D eigenvalue weighted by Gasteiger charge is 2.31. The molecule has 0 radical (unpaired) electrons. The molecular weight excluding hydrogens is 320 g/mol. The number of halogens is 1. The summed E-state index contributed by atoms with van der Waals surface area (Å²) in [7, 11) is 3.68. The zero-order valence-electron chi connectivity index (χ0n) is 12.4. The quantitative estimate of drug-likeness (QED) is 0.800. The van der Waals surface area contributed by atoms with Crippen LogP contribution in [0.1, 0.15) is 20.7 Å². The number of hydrogen-bond donors (Lipinski definition) is 2. The zero-order chi connectivity index (χ0) is 16.9. The SMILES string of the molecule is CN(C)c1ccc(-n2c(N)c3c(cc2=O)C(=O)NC3=O)cc1Cl. The predicted octanol–water partition coefficient (Wildman–Crippen LogP) is 1.02. The second kappa shape index (κ2) is 5.13. The van der Waals surface area contributed by atoms with Gasteiger partial charge in [0.25, 0.3) is 17.4 Å². The van der Waals surface area contributed by atoms with Crippen molar-refractivity contribution in [1.29, 1.82) is 0 Å². The Labute approximate surface area is 136 Å². The number of fused-ring (bicyclic) bond motifs is 1. The number of nitrogens with two attached hydrogens (primary N) is 1. The van der Waals surface area contributed by atoms with Gasteiger partial charge in [0.2, 0.25) is 0 Å². The molecule has 0 aliphatic carbocycles. The minimum atomic E-state index is -0.623. The molecule has 2 heterocycles. The van der Waals surface area contributed by atoms with E-state index in [4.69, 9.17) is 17.3 Å². The number of aromatic nitrogens is 1. The van der Waals surface area contributed by atoms with Crippen molar-refractivity contribution in [2.24, 2.45) is 0 Å². The molecule has 118 valence electrons. The lowest BCUT2D eigenvalue weighted by Gasteiger charge is -2.17. The van der Waals surface area contributed by atoms with E-state index in [2.05, 4.69) is 5.32 Å². The molecule has 0 unspecified atom stereocenters. The first-order valence-corrected chi connectivity index (χ1v) is 7.07. The number of carbonyl (C=O) groups is 2. The third kappa shape index (κ3) is 2.25. The highest BCUT2D eigenvalue weighted by atomic mass is 35.5. The Hall–Kier alpha value is -2.80. The molecule has 0 bridgehead atoms. The van der Waals surface area contributed by atoms with Crippen molar-refractivity contribution in [2.45, 2.75) is 0 Å². The zero-order valence-corrected chi connectivity index (χ0v) is 13.1. The van der Waals surface area contributed by atoms with Crippen molar-refractivity contribution in [3.05, 3.63) is 50.8 Å². The minimum absolute atomic E-state index is 0.00223. The van der Waals surface area contributed by atoms with E-state index in [1.165, 1.54) is 0 Å². The summed E-state index contributed by atoms with van der Waals surface area (Å²) in [5.74, 6) is -1.33. The molecule has 1 aromatic heterocycles. The maximum absolute atomic E-state index is 12.3. The van der Waals surface area contributed by atoms with Gasteiger partial charge in [-0.1, -0.05) is 11.6 Å². The van der Waals surface area contributed by atoms with Gasteiger partial charge in [-0.3, -0.25) is 24.3 Å². The first kappa shape index (κ1) is 15.1. The highest BCUT2D eigenvalue weighted by molar-refractivity contribution is 6.33. The molecule has 0 saturated carbocycles. The summed E-state index contributed by atoms with van der Waals surface area (Å²) in [5.41, 5.74) is 6.63. The van der Waals surface area contributed by atoms with Gasteiger partial charge in [0.05, 0.1) is 27.5 Å². The number of nitrogen functional groups attached to an aromatic ring is 1. The van der Waals surface area contributed by atoms with Gasteiger partial charge in [-0.25, -0.2) is 0 Å². The van der Waals surface area contributed by atoms with Crippen LogP contribution in [0.5, 0.6) is 0 Å². The molecule has 1 aliphatic heterocycles. The molecule has 1 aliphatic rings. The number of amides is 2. The molecule has 1 aromatic carbocycles. The molecule has 8 heteroatoms. The summed E-state index contributed by atoms with van der Waals surface area (Å²) in [5, 5.41) is 2.55. The maximum Gasteiger partial charge on any atom is 0.262 e. The summed E-state index contributed by atoms with van der Waals surface area (Å²) in [6.07, 6.45) is 0. The lowest BCUT2D eigenvalue weighted by atomic mass is 10.1. The lowest BCUT2D eigenvalue weighted by Crippen LogP contribution is -2.24. The smallest absolute Gasteiger partial charge is 0.262 e. The highest BCUT2D eigenvalue weighted by Crippen LogP contribution is 2.28.